The van der Waals surface area contributed by atoms with Crippen LogP contribution in [0.15, 0.2) is 79.3 Å². The highest BCUT2D eigenvalue weighted by atomic mass is 35.5. The van der Waals surface area contributed by atoms with Crippen LogP contribution in [0, 0.1) is 71.0 Å². The van der Waals surface area contributed by atoms with E-state index in [0.29, 0.717) is 90.9 Å². The van der Waals surface area contributed by atoms with Gasteiger partial charge in [-0.2, -0.15) is 30.7 Å². The van der Waals surface area contributed by atoms with E-state index < -0.39 is 0 Å². The van der Waals surface area contributed by atoms with E-state index in [1.807, 2.05) is 97.9 Å². The molecule has 9 rings (SSSR count). The number of aryl methyl sites for hydroxylation is 3. The molecule has 0 bridgehead atoms. The SMILES string of the molecule is Cc1cc(CCNc2ncc(C#N)c(N[C@@H]3C[C@H](O)C3(C)C)n2)ccc1Cl.Cc1cc(Cl)ccc1CCNc1ncc(C#N)c(N[C@@H]2C[C@H](O)C2(C)C)n1.Cc1ccccc1CCNc1ncc(C#N)c(N[C@@H]2C[C@H](O)C2(C)C)n1.[HH].[HH].[HH]. The maximum Gasteiger partial charge on any atom is 0.224 e. The van der Waals surface area contributed by atoms with Crippen molar-refractivity contribution in [1.29, 1.82) is 15.8 Å². The molecule has 9 N–H and O–H groups in total. The van der Waals surface area contributed by atoms with E-state index in [4.69, 9.17) is 23.2 Å². The van der Waals surface area contributed by atoms with E-state index >= 15 is 0 Å². The summed E-state index contributed by atoms with van der Waals surface area (Å²) in [6, 6.07) is 26.7. The number of aromatic nitrogens is 6. The summed E-state index contributed by atoms with van der Waals surface area (Å²) in [6.07, 6.45) is 7.99. The van der Waals surface area contributed by atoms with E-state index in [2.05, 4.69) is 105 Å². The molecule has 3 fully saturated rings. The molecule has 18 nitrogen and oxygen atoms in total. The van der Waals surface area contributed by atoms with E-state index in [1.165, 1.54) is 40.8 Å². The Morgan fingerprint density at radius 1 is 0.525 bits per heavy atom. The number of anilines is 6. The first-order valence-corrected chi connectivity index (χ1v) is 27.7. The van der Waals surface area contributed by atoms with Gasteiger partial charge in [0.25, 0.3) is 0 Å². The standard InChI is InChI=1S/2C20H24ClN5O.C20H25N5O.3H2/c1-12-8-15(21)5-4-13(12)6-7-23-19-24-11-14(10-22)18(26-19)25-16-9-17(27)20(16,2)3;1-12-8-13(4-5-15(12)21)6-7-23-19-24-11-14(10-22)18(26-19)25-16-9-17(27)20(16,2)3;1-13-6-4-5-7-14(13)8-9-22-19-23-12-15(11-21)18(25-19)24-16-10-17(26)20(16,2)3;;;/h2*4-5,8,11,16-17,27H,6-7,9H2,1-3H3,(H2,23,24,25,26);4-7,12,16-17,26H,8-10H2,1-3H3,(H2,22,23,24,25);3*1H/t3*16-,17+;;;/m111.../s1. The minimum atomic E-state index is -0.345. The molecule has 3 saturated carbocycles. The molecule has 6 aromatic rings. The van der Waals surface area contributed by atoms with Crippen LogP contribution in [0.2, 0.25) is 10.0 Å². The van der Waals surface area contributed by atoms with E-state index in [-0.39, 0.29) is 57.0 Å². The monoisotopic (exact) mass is 1130 g/mol. The van der Waals surface area contributed by atoms with Gasteiger partial charge in [0, 0.05) is 68.3 Å². The van der Waals surface area contributed by atoms with Crippen LogP contribution in [0.25, 0.3) is 0 Å². The Balaban J connectivity index is 0.000000263. The number of nitriles is 3. The van der Waals surface area contributed by atoms with Crippen LogP contribution in [-0.2, 0) is 19.3 Å². The number of halogens is 2. The lowest BCUT2D eigenvalue weighted by Crippen LogP contribution is -2.57. The highest BCUT2D eigenvalue weighted by Crippen LogP contribution is 2.44. The molecular formula is C60H79Cl2N15O3. The van der Waals surface area contributed by atoms with E-state index in [0.717, 1.165) is 40.4 Å². The number of nitrogens with zero attached hydrogens (tertiary/aromatic N) is 9. The lowest BCUT2D eigenvalue weighted by Gasteiger charge is -2.49. The minimum absolute atomic E-state index is 0. The van der Waals surface area contributed by atoms with Crippen LogP contribution in [0.4, 0.5) is 35.3 Å². The van der Waals surface area contributed by atoms with Crippen LogP contribution in [0.3, 0.4) is 0 Å². The molecule has 3 aliphatic carbocycles. The van der Waals surface area contributed by atoms with Gasteiger partial charge in [0.05, 0.1) is 36.9 Å². The summed E-state index contributed by atoms with van der Waals surface area (Å²) in [5, 5.41) is 78.7. The van der Waals surface area contributed by atoms with Crippen molar-refractivity contribution in [2.75, 3.05) is 51.5 Å². The molecule has 0 radical (unpaired) electrons. The summed E-state index contributed by atoms with van der Waals surface area (Å²) >= 11 is 12.1. The van der Waals surface area contributed by atoms with Gasteiger partial charge in [-0.25, -0.2) is 15.0 Å². The quantitative estimate of drug-likeness (QED) is 0.0387. The second-order valence-corrected chi connectivity index (χ2v) is 23.5. The van der Waals surface area contributed by atoms with Crippen molar-refractivity contribution in [2.24, 2.45) is 16.2 Å². The average Bonchev–Trinajstić information content (AvgIpc) is 3.46. The Morgan fingerprint density at radius 3 is 1.29 bits per heavy atom. The molecule has 20 heteroatoms. The Labute approximate surface area is 484 Å². The third-order valence-corrected chi connectivity index (χ3v) is 16.8. The van der Waals surface area contributed by atoms with Crippen LogP contribution >= 0.6 is 23.2 Å². The van der Waals surface area contributed by atoms with Crippen molar-refractivity contribution < 1.29 is 19.6 Å². The third kappa shape index (κ3) is 14.7. The largest absolute Gasteiger partial charge is 0.392 e. The van der Waals surface area contributed by atoms with Gasteiger partial charge in [0.2, 0.25) is 17.8 Å². The second-order valence-electron chi connectivity index (χ2n) is 22.6. The Hall–Kier alpha value is -7.37. The van der Waals surface area contributed by atoms with Gasteiger partial charge in [0.15, 0.2) is 0 Å². The van der Waals surface area contributed by atoms with Crippen molar-refractivity contribution in [3.63, 3.8) is 0 Å². The summed E-state index contributed by atoms with van der Waals surface area (Å²) in [5.41, 5.74) is 7.61. The van der Waals surface area contributed by atoms with Gasteiger partial charge in [-0.15, -0.1) is 0 Å². The zero-order valence-electron chi connectivity index (χ0n) is 47.0. The summed E-state index contributed by atoms with van der Waals surface area (Å²) in [7, 11) is 0. The molecule has 3 aliphatic rings. The van der Waals surface area contributed by atoms with Crippen molar-refractivity contribution >= 4 is 58.5 Å². The van der Waals surface area contributed by atoms with Crippen LogP contribution in [-0.4, -0.2) is 101 Å². The molecule has 0 saturated heterocycles. The number of aliphatic hydroxyl groups excluding tert-OH is 3. The molecule has 6 atom stereocenters. The first-order chi connectivity index (χ1) is 38.0. The van der Waals surface area contributed by atoms with Crippen molar-refractivity contribution in [3.8, 4) is 18.2 Å². The number of aliphatic hydroxyl groups is 3. The smallest absolute Gasteiger partial charge is 0.224 e. The minimum Gasteiger partial charge on any atom is -0.392 e. The van der Waals surface area contributed by atoms with Crippen LogP contribution in [0.1, 0.15) is 115 Å². The topological polar surface area (TPSA) is 282 Å². The fraction of sp³-hybridized carbons (Fsp3) is 0.450. The Bertz CT molecular complexity index is 3280. The van der Waals surface area contributed by atoms with Gasteiger partial charge in [-0.1, -0.05) is 107 Å². The summed E-state index contributed by atoms with van der Waals surface area (Å²) in [5.74, 6) is 2.97. The average molecular weight is 1130 g/mol. The number of nitrogens with one attached hydrogen (secondary N) is 6. The number of hydrogen-bond donors (Lipinski definition) is 9. The highest BCUT2D eigenvalue weighted by Gasteiger charge is 2.49. The van der Waals surface area contributed by atoms with Crippen molar-refractivity contribution in [1.82, 2.24) is 29.9 Å². The molecule has 0 unspecified atom stereocenters. The van der Waals surface area contributed by atoms with E-state index in [9.17, 15) is 31.1 Å². The first kappa shape index (κ1) is 60.3. The fourth-order valence-corrected chi connectivity index (χ4v) is 9.89. The molecule has 3 aromatic heterocycles. The highest BCUT2D eigenvalue weighted by molar-refractivity contribution is 6.31. The van der Waals surface area contributed by atoms with Crippen molar-refractivity contribution in [2.45, 2.75) is 137 Å². The zero-order chi connectivity index (χ0) is 57.9. The fourth-order valence-electron chi connectivity index (χ4n) is 9.54. The molecular weight excluding hydrogens is 1050 g/mol. The van der Waals surface area contributed by atoms with Gasteiger partial charge in [-0.05, 0) is 111 Å². The number of benzene rings is 3. The Kier molecular flexibility index (Phi) is 19.8. The van der Waals surface area contributed by atoms with Gasteiger partial charge in [0.1, 0.15) is 52.4 Å². The molecule has 80 heavy (non-hydrogen) atoms. The summed E-state index contributed by atoms with van der Waals surface area (Å²) in [4.78, 5) is 26.1. The Morgan fingerprint density at radius 2 is 0.925 bits per heavy atom. The van der Waals surface area contributed by atoms with E-state index in [1.54, 1.807) is 0 Å². The summed E-state index contributed by atoms with van der Waals surface area (Å²) < 4.78 is 0. The molecule has 3 heterocycles. The predicted octanol–water partition coefficient (Wildman–Crippen LogP) is 10.7. The predicted molar refractivity (Wildman–Crippen MR) is 322 cm³/mol. The van der Waals surface area contributed by atoms with Gasteiger partial charge >= 0.3 is 0 Å². The maximum atomic E-state index is 9.91. The normalized spacial score (nSPS) is 20.5. The maximum absolute atomic E-state index is 9.91. The number of hydrogen-bond acceptors (Lipinski definition) is 18. The van der Waals surface area contributed by atoms with Crippen molar-refractivity contribution in [3.05, 3.63) is 139 Å². The summed E-state index contributed by atoms with van der Waals surface area (Å²) in [6.45, 7) is 20.2. The molecule has 0 aliphatic heterocycles. The molecule has 0 amide bonds. The molecule has 426 valence electrons. The molecule has 0 spiro atoms. The zero-order valence-corrected chi connectivity index (χ0v) is 48.5. The first-order valence-electron chi connectivity index (χ1n) is 26.9. The van der Waals surface area contributed by atoms with Gasteiger partial charge in [-0.3, -0.25) is 0 Å². The van der Waals surface area contributed by atoms with Gasteiger partial charge < -0.3 is 47.2 Å². The van der Waals surface area contributed by atoms with Crippen LogP contribution in [0.5, 0.6) is 0 Å². The second kappa shape index (κ2) is 26.3. The number of rotatable bonds is 18. The lowest BCUT2D eigenvalue weighted by atomic mass is 9.64. The van der Waals surface area contributed by atoms with Crippen LogP contribution < -0.4 is 31.9 Å². The molecule has 3 aromatic carbocycles. The lowest BCUT2D eigenvalue weighted by molar-refractivity contribution is -0.0512. The third-order valence-electron chi connectivity index (χ3n) is 16.1.